The molecule has 0 unspecified atom stereocenters. The van der Waals surface area contributed by atoms with Gasteiger partial charge < -0.3 is 9.80 Å². The number of amides is 1. The Hall–Kier alpha value is -3.24. The van der Waals surface area contributed by atoms with Gasteiger partial charge in [0.2, 0.25) is 10.0 Å². The van der Waals surface area contributed by atoms with E-state index < -0.39 is 15.4 Å². The predicted molar refractivity (Wildman–Crippen MR) is 181 cm³/mol. The zero-order chi connectivity index (χ0) is 32.8. The Labute approximate surface area is 278 Å². The van der Waals surface area contributed by atoms with E-state index in [-0.39, 0.29) is 23.5 Å². The Morgan fingerprint density at radius 3 is 2.37 bits per heavy atom. The zero-order valence-corrected chi connectivity index (χ0v) is 28.0. The lowest BCUT2D eigenvalue weighted by molar-refractivity contribution is 0.0782. The number of carbonyl (C=O) groups is 1. The highest BCUT2D eigenvalue weighted by atomic mass is 35.5. The van der Waals surface area contributed by atoms with E-state index in [9.17, 15) is 22.0 Å². The van der Waals surface area contributed by atoms with Crippen LogP contribution in [0.3, 0.4) is 0 Å². The Morgan fingerprint density at radius 2 is 1.67 bits per heavy atom. The van der Waals surface area contributed by atoms with Crippen LogP contribution in [0.1, 0.15) is 46.7 Å². The topological polar surface area (TPSA) is 60.9 Å². The minimum atomic E-state index is -3.50. The first-order valence-corrected chi connectivity index (χ1v) is 17.8. The van der Waals surface area contributed by atoms with Gasteiger partial charge in [-0.15, -0.1) is 0 Å². The van der Waals surface area contributed by atoms with Crippen molar-refractivity contribution >= 4 is 55.6 Å². The fraction of sp³-hybridized carbons (Fsp3) is 0.343. The number of rotatable bonds is 8. The van der Waals surface area contributed by atoms with E-state index in [4.69, 9.17) is 23.2 Å². The lowest BCUT2D eigenvalue weighted by atomic mass is 9.74. The molecule has 46 heavy (non-hydrogen) atoms. The second-order valence-corrected chi connectivity index (χ2v) is 15.3. The summed E-state index contributed by atoms with van der Waals surface area (Å²) in [5, 5.41) is 1.85. The molecular formula is C35H35Cl2F2N3O3S. The van der Waals surface area contributed by atoms with Gasteiger partial charge in [0.05, 0.1) is 22.0 Å². The molecule has 11 heteroatoms. The summed E-state index contributed by atoms with van der Waals surface area (Å²) in [6, 6.07) is 19.7. The molecule has 1 saturated heterocycles. The third-order valence-corrected chi connectivity index (χ3v) is 11.5. The summed E-state index contributed by atoms with van der Waals surface area (Å²) in [5.41, 5.74) is 2.28. The molecule has 0 bridgehead atoms. The highest BCUT2D eigenvalue weighted by Crippen LogP contribution is 2.48. The molecule has 4 aromatic rings. The number of nitrogens with zero attached hydrogens (tertiary/aromatic N) is 3. The van der Waals surface area contributed by atoms with Crippen molar-refractivity contribution in [1.82, 2.24) is 9.80 Å². The molecule has 6 nitrogen and oxygen atoms in total. The van der Waals surface area contributed by atoms with Crippen LogP contribution in [0, 0.1) is 11.6 Å². The third-order valence-electron chi connectivity index (χ3n) is 9.61. The number of carbonyl (C=O) groups excluding carboxylic acids is 1. The van der Waals surface area contributed by atoms with Crippen LogP contribution in [-0.4, -0.2) is 70.2 Å². The number of fused-ring (bicyclic) bond motifs is 3. The summed E-state index contributed by atoms with van der Waals surface area (Å²) in [6.45, 7) is 2.88. The fourth-order valence-electron chi connectivity index (χ4n) is 7.06. The van der Waals surface area contributed by atoms with E-state index in [1.165, 1.54) is 34.8 Å². The molecule has 1 spiro atoms. The quantitative estimate of drug-likeness (QED) is 0.193. The number of sulfonamides is 1. The van der Waals surface area contributed by atoms with Crippen LogP contribution in [-0.2, 0) is 15.4 Å². The molecule has 6 rings (SSSR count). The average molecular weight is 687 g/mol. The maximum atomic E-state index is 14.5. The maximum Gasteiger partial charge on any atom is 0.254 e. The summed E-state index contributed by atoms with van der Waals surface area (Å²) in [6.07, 6.45) is 3.30. The van der Waals surface area contributed by atoms with Gasteiger partial charge in [0.25, 0.3) is 5.91 Å². The van der Waals surface area contributed by atoms with Crippen LogP contribution in [0.2, 0.25) is 10.0 Å². The largest absolute Gasteiger partial charge is 0.341 e. The fourth-order valence-corrected chi connectivity index (χ4v) is 8.36. The van der Waals surface area contributed by atoms with E-state index >= 15 is 0 Å². The minimum absolute atomic E-state index is 0.0756. The van der Waals surface area contributed by atoms with Gasteiger partial charge in [-0.1, -0.05) is 53.5 Å². The standard InChI is InChI=1S/C35H35Cl2F2N3O3S/c1-40(34(43)28-9-11-32(39)27-6-4-3-5-26(27)28)21-24(23-7-10-30(36)31(37)19-23)13-16-41-17-14-35(15-18-41)22-42(46(2,44)45)33-12-8-25(38)20-29(33)35/h3-12,19-20,24H,13-18,21-22H2,1-2H3/t24-/m1/s1. The molecule has 4 aromatic carbocycles. The van der Waals surface area contributed by atoms with E-state index in [1.54, 1.807) is 48.3 Å². The molecule has 0 aliphatic carbocycles. The number of likely N-dealkylation sites (tertiary alicyclic amines) is 1. The number of anilines is 1. The second kappa shape index (κ2) is 12.8. The molecule has 0 radical (unpaired) electrons. The highest BCUT2D eigenvalue weighted by molar-refractivity contribution is 7.92. The maximum absolute atomic E-state index is 14.5. The van der Waals surface area contributed by atoms with Gasteiger partial charge >= 0.3 is 0 Å². The van der Waals surface area contributed by atoms with Gasteiger partial charge in [0.15, 0.2) is 0 Å². The SMILES string of the molecule is CN(C[C@@H](CCN1CCC2(CC1)CN(S(C)(=O)=O)c1ccc(F)cc12)c1ccc(Cl)c(Cl)c1)C(=O)c1ccc(F)c2ccccc12. The van der Waals surface area contributed by atoms with Crippen LogP contribution in [0.15, 0.2) is 72.8 Å². The summed E-state index contributed by atoms with van der Waals surface area (Å²) in [4.78, 5) is 17.7. The predicted octanol–water partition coefficient (Wildman–Crippen LogP) is 7.48. The molecule has 242 valence electrons. The van der Waals surface area contributed by atoms with Gasteiger partial charge in [0.1, 0.15) is 11.6 Å². The summed E-state index contributed by atoms with van der Waals surface area (Å²) in [5.74, 6) is -1.02. The first kappa shape index (κ1) is 32.7. The lowest BCUT2D eigenvalue weighted by Gasteiger charge is -2.40. The number of hydrogen-bond donors (Lipinski definition) is 0. The molecule has 1 amide bonds. The number of likely N-dealkylation sites (N-methyl/N-ethyl adjacent to an activating group) is 1. The minimum Gasteiger partial charge on any atom is -0.341 e. The molecule has 1 atom stereocenters. The van der Waals surface area contributed by atoms with Crippen molar-refractivity contribution in [2.75, 3.05) is 50.3 Å². The number of benzene rings is 4. The smallest absolute Gasteiger partial charge is 0.254 e. The molecule has 0 saturated carbocycles. The van der Waals surface area contributed by atoms with Crippen molar-refractivity contribution < 1.29 is 22.0 Å². The molecule has 2 heterocycles. The summed E-state index contributed by atoms with van der Waals surface area (Å²) in [7, 11) is -1.75. The normalized spacial score (nSPS) is 17.0. The van der Waals surface area contributed by atoms with Crippen molar-refractivity contribution in [3.8, 4) is 0 Å². The van der Waals surface area contributed by atoms with E-state index in [0.717, 1.165) is 30.8 Å². The van der Waals surface area contributed by atoms with Gasteiger partial charge in [-0.25, -0.2) is 17.2 Å². The van der Waals surface area contributed by atoms with Gasteiger partial charge in [-0.2, -0.15) is 0 Å². The molecule has 2 aliphatic heterocycles. The molecule has 0 aromatic heterocycles. The van der Waals surface area contributed by atoms with E-state index in [1.807, 2.05) is 12.1 Å². The van der Waals surface area contributed by atoms with Crippen molar-refractivity contribution in [1.29, 1.82) is 0 Å². The number of hydrogen-bond acceptors (Lipinski definition) is 4. The average Bonchev–Trinajstić information content (AvgIpc) is 3.34. The van der Waals surface area contributed by atoms with Crippen molar-refractivity contribution in [3.63, 3.8) is 0 Å². The Balaban J connectivity index is 1.18. The molecule has 0 N–H and O–H groups in total. The number of halogens is 4. The Morgan fingerprint density at radius 1 is 0.957 bits per heavy atom. The molecule has 1 fully saturated rings. The lowest BCUT2D eigenvalue weighted by Crippen LogP contribution is -2.46. The first-order chi connectivity index (χ1) is 21.9. The van der Waals surface area contributed by atoms with Crippen molar-refractivity contribution in [2.45, 2.75) is 30.6 Å². The van der Waals surface area contributed by atoms with Crippen LogP contribution in [0.5, 0.6) is 0 Å². The first-order valence-electron chi connectivity index (χ1n) is 15.2. The Kier molecular flexibility index (Phi) is 9.06. The van der Waals surface area contributed by atoms with Gasteiger partial charge in [-0.05, 0) is 97.9 Å². The number of piperidine rings is 1. The summed E-state index contributed by atoms with van der Waals surface area (Å²) < 4.78 is 55.4. The summed E-state index contributed by atoms with van der Waals surface area (Å²) >= 11 is 12.6. The van der Waals surface area contributed by atoms with Crippen molar-refractivity contribution in [2.24, 2.45) is 0 Å². The van der Waals surface area contributed by atoms with E-state index in [0.29, 0.717) is 64.4 Å². The van der Waals surface area contributed by atoms with Gasteiger partial charge in [-0.3, -0.25) is 9.10 Å². The van der Waals surface area contributed by atoms with Gasteiger partial charge in [0, 0.05) is 42.4 Å². The van der Waals surface area contributed by atoms with Crippen LogP contribution >= 0.6 is 23.2 Å². The monoisotopic (exact) mass is 685 g/mol. The van der Waals surface area contributed by atoms with Crippen LogP contribution < -0.4 is 4.31 Å². The van der Waals surface area contributed by atoms with Crippen molar-refractivity contribution in [3.05, 3.63) is 111 Å². The second-order valence-electron chi connectivity index (χ2n) is 12.5. The third kappa shape index (κ3) is 6.35. The highest BCUT2D eigenvalue weighted by Gasteiger charge is 2.47. The van der Waals surface area contributed by atoms with Crippen LogP contribution in [0.25, 0.3) is 10.8 Å². The van der Waals surface area contributed by atoms with E-state index in [2.05, 4.69) is 4.90 Å². The molecule has 2 aliphatic rings. The zero-order valence-electron chi connectivity index (χ0n) is 25.6. The van der Waals surface area contributed by atoms with Crippen LogP contribution in [0.4, 0.5) is 14.5 Å². The Bertz CT molecular complexity index is 1910. The molecular weight excluding hydrogens is 651 g/mol.